The predicted molar refractivity (Wildman–Crippen MR) is 91.6 cm³/mol. The van der Waals surface area contributed by atoms with E-state index in [1.54, 1.807) is 22.9 Å². The van der Waals surface area contributed by atoms with Crippen LogP contribution in [0.15, 0.2) is 54.6 Å². The average molecular weight is 352 g/mol. The second kappa shape index (κ2) is 7.05. The molecule has 0 spiro atoms. The lowest BCUT2D eigenvalue weighted by molar-refractivity contribution is -0.00177. The summed E-state index contributed by atoms with van der Waals surface area (Å²) in [5.41, 5.74) is 2.32. The van der Waals surface area contributed by atoms with E-state index in [-0.39, 0.29) is 30.8 Å². The molecule has 0 fully saturated rings. The summed E-state index contributed by atoms with van der Waals surface area (Å²) in [6.45, 7) is 0.827. The van der Waals surface area contributed by atoms with Gasteiger partial charge in [0, 0.05) is 12.1 Å². The smallest absolute Gasteiger partial charge is 0.274 e. The first kappa shape index (κ1) is 16.4. The third-order valence-electron chi connectivity index (χ3n) is 4.38. The summed E-state index contributed by atoms with van der Waals surface area (Å²) in [4.78, 5) is 12.4. The van der Waals surface area contributed by atoms with Gasteiger partial charge in [-0.25, -0.2) is 9.07 Å². The Balaban J connectivity index is 1.46. The van der Waals surface area contributed by atoms with Crippen molar-refractivity contribution in [3.8, 4) is 0 Å². The van der Waals surface area contributed by atoms with Gasteiger partial charge in [0.25, 0.3) is 5.91 Å². The fraction of sp³-hybridized carbons (Fsp3) is 0.211. The number of carbonyl (C=O) groups excluding carboxylic acids is 1. The number of nitrogens with zero attached hydrogens (tertiary/aromatic N) is 3. The van der Waals surface area contributed by atoms with E-state index in [0.717, 1.165) is 5.56 Å². The Bertz CT molecular complexity index is 926. The Kier molecular flexibility index (Phi) is 4.45. The van der Waals surface area contributed by atoms with Crippen LogP contribution in [0.2, 0.25) is 0 Å². The number of aromatic nitrogens is 3. The van der Waals surface area contributed by atoms with Crippen molar-refractivity contribution in [2.24, 2.45) is 0 Å². The number of hydrogen-bond donors (Lipinski definition) is 1. The molecule has 2 aromatic carbocycles. The summed E-state index contributed by atoms with van der Waals surface area (Å²) in [6.07, 6.45) is -0.125. The van der Waals surface area contributed by atoms with Crippen molar-refractivity contribution in [3.63, 3.8) is 0 Å². The number of amides is 1. The molecule has 6 nitrogen and oxygen atoms in total. The lowest BCUT2D eigenvalue weighted by atomic mass is 10.1. The largest absolute Gasteiger partial charge is 0.365 e. The van der Waals surface area contributed by atoms with Gasteiger partial charge in [-0.15, -0.1) is 5.10 Å². The molecule has 0 saturated carbocycles. The highest BCUT2D eigenvalue weighted by Crippen LogP contribution is 2.26. The van der Waals surface area contributed by atoms with Crippen molar-refractivity contribution in [1.29, 1.82) is 0 Å². The zero-order valence-corrected chi connectivity index (χ0v) is 13.9. The van der Waals surface area contributed by atoms with Crippen LogP contribution >= 0.6 is 0 Å². The molecule has 3 aromatic rings. The van der Waals surface area contributed by atoms with E-state index in [0.29, 0.717) is 17.8 Å². The Morgan fingerprint density at radius 1 is 1.19 bits per heavy atom. The van der Waals surface area contributed by atoms with Crippen LogP contribution in [0.25, 0.3) is 0 Å². The van der Waals surface area contributed by atoms with Gasteiger partial charge in [-0.05, 0) is 11.6 Å². The van der Waals surface area contributed by atoms with Crippen molar-refractivity contribution in [2.45, 2.75) is 25.8 Å². The summed E-state index contributed by atoms with van der Waals surface area (Å²) in [5.74, 6) is -0.747. The lowest BCUT2D eigenvalue weighted by Gasteiger charge is -2.24. The molecule has 0 bridgehead atoms. The molecule has 2 heterocycles. The maximum atomic E-state index is 13.7. The molecule has 0 radical (unpaired) electrons. The number of halogens is 1. The van der Waals surface area contributed by atoms with Gasteiger partial charge in [0.15, 0.2) is 5.69 Å². The van der Waals surface area contributed by atoms with Crippen molar-refractivity contribution < 1.29 is 13.9 Å². The van der Waals surface area contributed by atoms with Crippen LogP contribution in [0, 0.1) is 5.82 Å². The number of benzene rings is 2. The molecule has 1 aliphatic heterocycles. The monoisotopic (exact) mass is 352 g/mol. The zero-order chi connectivity index (χ0) is 17.9. The van der Waals surface area contributed by atoms with Gasteiger partial charge >= 0.3 is 0 Å². The lowest BCUT2D eigenvalue weighted by Crippen LogP contribution is -2.27. The Hall–Kier alpha value is -3.06. The van der Waals surface area contributed by atoms with Crippen molar-refractivity contribution in [2.75, 3.05) is 0 Å². The molecule has 0 aliphatic carbocycles. The minimum atomic E-state index is -0.392. The standard InChI is InChI=1S/C19H17FN4O2/c20-15-9-5-4-8-14(15)10-21-19(25)18-16-12-26-17(11-24(16)23-22-18)13-6-2-1-3-7-13/h1-9,17H,10-12H2,(H,21,25)/t17-/m0/s1. The molecule has 26 heavy (non-hydrogen) atoms. The Morgan fingerprint density at radius 2 is 1.96 bits per heavy atom. The van der Waals surface area contributed by atoms with Crippen molar-refractivity contribution in [3.05, 3.63) is 82.9 Å². The van der Waals surface area contributed by atoms with Crippen molar-refractivity contribution >= 4 is 5.91 Å². The molecule has 0 saturated heterocycles. The van der Waals surface area contributed by atoms with Crippen LogP contribution in [-0.4, -0.2) is 20.9 Å². The van der Waals surface area contributed by atoms with Crippen LogP contribution in [0.5, 0.6) is 0 Å². The first-order chi connectivity index (χ1) is 12.7. The molecule has 0 unspecified atom stereocenters. The Labute approximate surface area is 149 Å². The fourth-order valence-corrected chi connectivity index (χ4v) is 2.96. The number of carbonyl (C=O) groups is 1. The molecule has 1 aliphatic rings. The van der Waals surface area contributed by atoms with Gasteiger partial charge in [-0.2, -0.15) is 0 Å². The summed E-state index contributed by atoms with van der Waals surface area (Å²) in [6, 6.07) is 16.2. The van der Waals surface area contributed by atoms with Gasteiger partial charge in [-0.1, -0.05) is 53.7 Å². The average Bonchev–Trinajstić information content (AvgIpc) is 3.11. The number of ether oxygens (including phenoxy) is 1. The van der Waals surface area contributed by atoms with Crippen LogP contribution in [0.3, 0.4) is 0 Å². The van der Waals surface area contributed by atoms with Gasteiger partial charge in [0.2, 0.25) is 0 Å². The third-order valence-corrected chi connectivity index (χ3v) is 4.38. The number of rotatable bonds is 4. The molecule has 4 rings (SSSR count). The fourth-order valence-electron chi connectivity index (χ4n) is 2.96. The first-order valence-corrected chi connectivity index (χ1v) is 8.33. The van der Waals surface area contributed by atoms with Crippen LogP contribution in [-0.2, 0) is 24.4 Å². The number of fused-ring (bicyclic) bond motifs is 1. The zero-order valence-electron chi connectivity index (χ0n) is 13.9. The quantitative estimate of drug-likeness (QED) is 0.784. The van der Waals surface area contributed by atoms with E-state index in [4.69, 9.17) is 4.74 Å². The number of hydrogen-bond acceptors (Lipinski definition) is 4. The van der Waals surface area contributed by atoms with Gasteiger partial charge in [0.05, 0.1) is 18.8 Å². The molecule has 1 N–H and O–H groups in total. The molecular formula is C19H17FN4O2. The summed E-state index contributed by atoms with van der Waals surface area (Å²) in [5, 5.41) is 10.8. The summed E-state index contributed by atoms with van der Waals surface area (Å²) >= 11 is 0. The van der Waals surface area contributed by atoms with E-state index in [1.807, 2.05) is 30.3 Å². The maximum absolute atomic E-state index is 13.7. The van der Waals surface area contributed by atoms with E-state index in [1.165, 1.54) is 6.07 Å². The van der Waals surface area contributed by atoms with Gasteiger partial charge in [-0.3, -0.25) is 4.79 Å². The second-order valence-corrected chi connectivity index (χ2v) is 6.05. The maximum Gasteiger partial charge on any atom is 0.274 e. The van der Waals surface area contributed by atoms with Crippen LogP contribution in [0.1, 0.15) is 33.4 Å². The van der Waals surface area contributed by atoms with Crippen molar-refractivity contribution in [1.82, 2.24) is 20.3 Å². The predicted octanol–water partition coefficient (Wildman–Crippen LogP) is 2.62. The van der Waals surface area contributed by atoms with E-state index in [2.05, 4.69) is 15.6 Å². The third kappa shape index (κ3) is 3.21. The van der Waals surface area contributed by atoms with E-state index >= 15 is 0 Å². The molecular weight excluding hydrogens is 335 g/mol. The molecule has 1 atom stereocenters. The van der Waals surface area contributed by atoms with Gasteiger partial charge < -0.3 is 10.1 Å². The first-order valence-electron chi connectivity index (χ1n) is 8.33. The molecule has 1 aromatic heterocycles. The highest BCUT2D eigenvalue weighted by Gasteiger charge is 2.27. The molecule has 132 valence electrons. The molecule has 7 heteroatoms. The van der Waals surface area contributed by atoms with Gasteiger partial charge in [0.1, 0.15) is 11.9 Å². The minimum absolute atomic E-state index is 0.0886. The van der Waals surface area contributed by atoms with Crippen LogP contribution < -0.4 is 5.32 Å². The topological polar surface area (TPSA) is 69.0 Å². The highest BCUT2D eigenvalue weighted by atomic mass is 19.1. The SMILES string of the molecule is O=C(NCc1ccccc1F)c1nnn2c1CO[C@H](c1ccccc1)C2. The summed E-state index contributed by atoms with van der Waals surface area (Å²) in [7, 11) is 0. The molecule has 1 amide bonds. The second-order valence-electron chi connectivity index (χ2n) is 6.05. The summed E-state index contributed by atoms with van der Waals surface area (Å²) < 4.78 is 21.2. The Morgan fingerprint density at radius 3 is 2.77 bits per heavy atom. The highest BCUT2D eigenvalue weighted by molar-refractivity contribution is 5.93. The normalized spacial score (nSPS) is 16.1. The van der Waals surface area contributed by atoms with E-state index < -0.39 is 5.91 Å². The number of nitrogens with one attached hydrogen (secondary N) is 1. The van der Waals surface area contributed by atoms with Crippen LogP contribution in [0.4, 0.5) is 4.39 Å². The minimum Gasteiger partial charge on any atom is -0.365 e. The van der Waals surface area contributed by atoms with E-state index in [9.17, 15) is 9.18 Å².